The van der Waals surface area contributed by atoms with Gasteiger partial charge in [-0.2, -0.15) is 0 Å². The van der Waals surface area contributed by atoms with Crippen molar-refractivity contribution in [3.05, 3.63) is 24.5 Å². The summed E-state index contributed by atoms with van der Waals surface area (Å²) in [5.41, 5.74) is 6.44. The van der Waals surface area contributed by atoms with Gasteiger partial charge in [0.15, 0.2) is 5.96 Å². The second kappa shape index (κ2) is 11.5. The van der Waals surface area contributed by atoms with Crippen LogP contribution in [-0.4, -0.2) is 60.1 Å². The number of likely N-dealkylation sites (tertiary alicyclic amines) is 1. The van der Waals surface area contributed by atoms with Crippen LogP contribution in [0.25, 0.3) is 0 Å². The molecule has 0 atom stereocenters. The lowest BCUT2D eigenvalue weighted by atomic mass is 10.1. The Hall–Kier alpha value is -2.11. The number of pyridine rings is 1. The molecule has 0 spiro atoms. The van der Waals surface area contributed by atoms with Gasteiger partial charge in [-0.25, -0.2) is 9.79 Å². The van der Waals surface area contributed by atoms with Crippen LogP contribution in [0, 0.1) is 0 Å². The summed E-state index contributed by atoms with van der Waals surface area (Å²) in [6.45, 7) is 3.29. The number of nitrogens with one attached hydrogen (secondary N) is 2. The number of aromatic nitrogens is 1. The number of amides is 2. The van der Waals surface area contributed by atoms with Crippen molar-refractivity contribution in [1.29, 1.82) is 0 Å². The Balaban J connectivity index is 0.00000338. The molecule has 0 unspecified atom stereocenters. The Morgan fingerprint density at radius 3 is 2.77 bits per heavy atom. The molecule has 0 bridgehead atoms. The Morgan fingerprint density at radius 1 is 1.42 bits per heavy atom. The van der Waals surface area contributed by atoms with Gasteiger partial charge in [0.05, 0.1) is 18.5 Å². The van der Waals surface area contributed by atoms with Crippen molar-refractivity contribution >= 4 is 47.6 Å². The van der Waals surface area contributed by atoms with Gasteiger partial charge < -0.3 is 26.0 Å². The van der Waals surface area contributed by atoms with Crippen LogP contribution in [0.15, 0.2) is 29.5 Å². The van der Waals surface area contributed by atoms with E-state index < -0.39 is 0 Å². The average molecular weight is 476 g/mol. The number of hydrogen-bond acceptors (Lipinski definition) is 5. The van der Waals surface area contributed by atoms with Crippen molar-refractivity contribution in [2.24, 2.45) is 10.7 Å². The first-order valence-electron chi connectivity index (χ1n) is 8.26. The van der Waals surface area contributed by atoms with Crippen molar-refractivity contribution in [3.8, 4) is 0 Å². The molecule has 1 saturated heterocycles. The van der Waals surface area contributed by atoms with E-state index in [0.29, 0.717) is 25.4 Å². The summed E-state index contributed by atoms with van der Waals surface area (Å²) in [4.78, 5) is 33.1. The van der Waals surface area contributed by atoms with E-state index in [2.05, 4.69) is 20.6 Å². The van der Waals surface area contributed by atoms with Crippen LogP contribution in [0.5, 0.6) is 0 Å². The van der Waals surface area contributed by atoms with E-state index >= 15 is 0 Å². The third kappa shape index (κ3) is 7.42. The Morgan fingerprint density at radius 2 is 2.15 bits per heavy atom. The predicted octanol–water partition coefficient (Wildman–Crippen LogP) is 1.16. The minimum Gasteiger partial charge on any atom is -0.450 e. The smallest absolute Gasteiger partial charge is 0.409 e. The SMILES string of the molecule is CCOC(=O)N1CCC(NC(N)=NCC(=O)Nc2cccnc2)CC1.I. The summed E-state index contributed by atoms with van der Waals surface area (Å²) < 4.78 is 4.98. The number of rotatable bonds is 5. The maximum Gasteiger partial charge on any atom is 0.409 e. The normalized spacial score (nSPS) is 15.0. The summed E-state index contributed by atoms with van der Waals surface area (Å²) in [5.74, 6) is -0.0502. The minimum absolute atomic E-state index is 0. The Labute approximate surface area is 169 Å². The molecule has 2 heterocycles. The first kappa shape index (κ1) is 21.9. The first-order chi connectivity index (χ1) is 12.1. The Kier molecular flexibility index (Phi) is 9.70. The zero-order valence-corrected chi connectivity index (χ0v) is 17.0. The number of carbonyl (C=O) groups is 2. The van der Waals surface area contributed by atoms with E-state index in [9.17, 15) is 9.59 Å². The number of nitrogens with two attached hydrogens (primary N) is 1. The molecule has 0 aliphatic carbocycles. The highest BCUT2D eigenvalue weighted by Gasteiger charge is 2.23. The minimum atomic E-state index is -0.283. The number of piperidine rings is 1. The van der Waals surface area contributed by atoms with Crippen LogP contribution in [0.1, 0.15) is 19.8 Å². The average Bonchev–Trinajstić information content (AvgIpc) is 2.62. The maximum atomic E-state index is 11.8. The van der Waals surface area contributed by atoms with Crippen LogP contribution in [0.4, 0.5) is 10.5 Å². The van der Waals surface area contributed by atoms with Crippen LogP contribution in [0.2, 0.25) is 0 Å². The van der Waals surface area contributed by atoms with Gasteiger partial charge in [0.1, 0.15) is 6.54 Å². The second-order valence-corrected chi connectivity index (χ2v) is 5.60. The van der Waals surface area contributed by atoms with Crippen molar-refractivity contribution < 1.29 is 14.3 Å². The molecule has 26 heavy (non-hydrogen) atoms. The van der Waals surface area contributed by atoms with Crippen molar-refractivity contribution in [3.63, 3.8) is 0 Å². The summed E-state index contributed by atoms with van der Waals surface area (Å²) in [5, 5.41) is 5.77. The summed E-state index contributed by atoms with van der Waals surface area (Å²) in [7, 11) is 0. The molecular formula is C16H25IN6O3. The van der Waals surface area contributed by atoms with Gasteiger partial charge in [-0.05, 0) is 31.9 Å². The standard InChI is InChI=1S/C16H24N6O3.HI/c1-2-25-16(24)22-8-5-12(6-9-22)21-15(17)19-11-14(23)20-13-4-3-7-18-10-13;/h3-4,7,10,12H,2,5-6,8-9,11H2,1H3,(H,20,23)(H3,17,19,21);1H. The zero-order chi connectivity index (χ0) is 18.1. The highest BCUT2D eigenvalue weighted by Crippen LogP contribution is 2.11. The van der Waals surface area contributed by atoms with E-state index in [1.807, 2.05) is 0 Å². The molecule has 0 aromatic carbocycles. The number of nitrogens with zero attached hydrogens (tertiary/aromatic N) is 3. The third-order valence-corrected chi connectivity index (χ3v) is 3.71. The van der Waals surface area contributed by atoms with E-state index in [1.165, 1.54) is 0 Å². The van der Waals surface area contributed by atoms with Crippen molar-refractivity contribution in [2.75, 3.05) is 31.6 Å². The second-order valence-electron chi connectivity index (χ2n) is 5.60. The van der Waals surface area contributed by atoms with Crippen LogP contribution >= 0.6 is 24.0 Å². The molecule has 1 aliphatic heterocycles. The molecule has 2 rings (SSSR count). The molecule has 2 amide bonds. The van der Waals surface area contributed by atoms with Gasteiger partial charge in [0.2, 0.25) is 5.91 Å². The van der Waals surface area contributed by atoms with Crippen molar-refractivity contribution in [1.82, 2.24) is 15.2 Å². The molecule has 0 radical (unpaired) electrons. The molecule has 1 fully saturated rings. The molecule has 10 heteroatoms. The monoisotopic (exact) mass is 476 g/mol. The van der Waals surface area contributed by atoms with Crippen LogP contribution in [-0.2, 0) is 9.53 Å². The lowest BCUT2D eigenvalue weighted by molar-refractivity contribution is -0.114. The third-order valence-electron chi connectivity index (χ3n) is 3.71. The highest BCUT2D eigenvalue weighted by atomic mass is 127. The van der Waals surface area contributed by atoms with Gasteiger partial charge in [0, 0.05) is 25.3 Å². The number of ether oxygens (including phenoxy) is 1. The lowest BCUT2D eigenvalue weighted by Gasteiger charge is -2.31. The van der Waals surface area contributed by atoms with E-state index in [0.717, 1.165) is 12.8 Å². The molecule has 1 aromatic heterocycles. The summed E-state index contributed by atoms with van der Waals surface area (Å²) in [6.07, 6.45) is 4.40. The molecule has 144 valence electrons. The summed E-state index contributed by atoms with van der Waals surface area (Å²) in [6, 6.07) is 3.60. The fraction of sp³-hybridized carbons (Fsp3) is 0.500. The predicted molar refractivity (Wildman–Crippen MR) is 110 cm³/mol. The van der Waals surface area contributed by atoms with Gasteiger partial charge >= 0.3 is 6.09 Å². The number of aliphatic imine (C=N–C) groups is 1. The van der Waals surface area contributed by atoms with Gasteiger partial charge in [0.25, 0.3) is 0 Å². The van der Waals surface area contributed by atoms with Gasteiger partial charge in [-0.1, -0.05) is 0 Å². The zero-order valence-electron chi connectivity index (χ0n) is 14.7. The Bertz CT molecular complexity index is 605. The van der Waals surface area contributed by atoms with Crippen LogP contribution in [0.3, 0.4) is 0 Å². The van der Waals surface area contributed by atoms with Gasteiger partial charge in [-0.15, -0.1) is 24.0 Å². The number of halogens is 1. The quantitative estimate of drug-likeness (QED) is 0.333. The molecule has 1 aromatic rings. The molecule has 4 N–H and O–H groups in total. The maximum absolute atomic E-state index is 11.8. The van der Waals surface area contributed by atoms with E-state index in [1.54, 1.807) is 36.4 Å². The fourth-order valence-corrected chi connectivity index (χ4v) is 2.47. The van der Waals surface area contributed by atoms with E-state index in [-0.39, 0.29) is 54.5 Å². The number of anilines is 1. The van der Waals surface area contributed by atoms with Gasteiger partial charge in [-0.3, -0.25) is 9.78 Å². The molecule has 1 aliphatic rings. The fourth-order valence-electron chi connectivity index (χ4n) is 2.47. The topological polar surface area (TPSA) is 122 Å². The molecule has 9 nitrogen and oxygen atoms in total. The van der Waals surface area contributed by atoms with Crippen molar-refractivity contribution in [2.45, 2.75) is 25.8 Å². The van der Waals surface area contributed by atoms with Crippen LogP contribution < -0.4 is 16.4 Å². The largest absolute Gasteiger partial charge is 0.450 e. The summed E-state index contributed by atoms with van der Waals surface area (Å²) >= 11 is 0. The number of guanidine groups is 1. The highest BCUT2D eigenvalue weighted by molar-refractivity contribution is 14.0. The molecule has 0 saturated carbocycles. The molecular weight excluding hydrogens is 451 g/mol. The van der Waals surface area contributed by atoms with E-state index in [4.69, 9.17) is 10.5 Å². The number of hydrogen-bond donors (Lipinski definition) is 3. The lowest BCUT2D eigenvalue weighted by Crippen LogP contribution is -2.48. The first-order valence-corrected chi connectivity index (χ1v) is 8.26. The number of carbonyl (C=O) groups excluding carboxylic acids is 2.